The lowest BCUT2D eigenvalue weighted by atomic mass is 10.0. The summed E-state index contributed by atoms with van der Waals surface area (Å²) in [7, 11) is 0. The summed E-state index contributed by atoms with van der Waals surface area (Å²) < 4.78 is 0. The molecule has 1 aliphatic heterocycles. The third-order valence-electron chi connectivity index (χ3n) is 3.19. The largest absolute Gasteiger partial charge is 0.315 e. The molecule has 2 atom stereocenters. The van der Waals surface area contributed by atoms with Crippen LogP contribution in [0.15, 0.2) is 5.38 Å². The van der Waals surface area contributed by atoms with Gasteiger partial charge in [-0.2, -0.15) is 0 Å². The van der Waals surface area contributed by atoms with Gasteiger partial charge >= 0.3 is 0 Å². The number of nitrogens with one attached hydrogen (secondary N) is 1. The van der Waals surface area contributed by atoms with E-state index in [1.807, 2.05) is 0 Å². The Bertz CT molecular complexity index is 325. The Kier molecular flexibility index (Phi) is 2.13. The van der Waals surface area contributed by atoms with Gasteiger partial charge in [-0.25, -0.2) is 4.98 Å². The first-order chi connectivity index (χ1) is 5.81. The number of aryl methyl sites for hydroxylation is 1. The SMILES string of the molecule is Cc1nc(C23CNCC2C3)cs1.Cl. The second-order valence-corrected chi connectivity index (χ2v) is 5.00. The molecule has 0 amide bonds. The molecular weight excluding hydrogens is 204 g/mol. The maximum absolute atomic E-state index is 4.58. The molecule has 13 heavy (non-hydrogen) atoms. The number of rotatable bonds is 1. The van der Waals surface area contributed by atoms with E-state index in [2.05, 4.69) is 22.6 Å². The van der Waals surface area contributed by atoms with Crippen molar-refractivity contribution in [1.29, 1.82) is 0 Å². The van der Waals surface area contributed by atoms with Crippen LogP contribution in [0.25, 0.3) is 0 Å². The molecule has 1 aromatic heterocycles. The average molecular weight is 217 g/mol. The molecule has 2 nitrogen and oxygen atoms in total. The molecular formula is C9H13ClN2S. The molecule has 2 aliphatic rings. The van der Waals surface area contributed by atoms with Crippen LogP contribution in [0.5, 0.6) is 0 Å². The van der Waals surface area contributed by atoms with Crippen molar-refractivity contribution in [2.24, 2.45) is 5.92 Å². The van der Waals surface area contributed by atoms with Crippen LogP contribution < -0.4 is 5.32 Å². The summed E-state index contributed by atoms with van der Waals surface area (Å²) in [5.41, 5.74) is 1.81. The number of hydrogen-bond donors (Lipinski definition) is 1. The number of piperidine rings is 1. The first-order valence-electron chi connectivity index (χ1n) is 4.45. The Morgan fingerprint density at radius 3 is 3.00 bits per heavy atom. The van der Waals surface area contributed by atoms with Crippen LogP contribution >= 0.6 is 23.7 Å². The van der Waals surface area contributed by atoms with Crippen LogP contribution in [-0.4, -0.2) is 18.1 Å². The quantitative estimate of drug-likeness (QED) is 0.774. The Morgan fingerprint density at radius 1 is 1.69 bits per heavy atom. The Morgan fingerprint density at radius 2 is 2.54 bits per heavy atom. The third-order valence-corrected chi connectivity index (χ3v) is 3.97. The van der Waals surface area contributed by atoms with Crippen molar-refractivity contribution in [2.75, 3.05) is 13.1 Å². The van der Waals surface area contributed by atoms with E-state index >= 15 is 0 Å². The lowest BCUT2D eigenvalue weighted by Crippen LogP contribution is -2.19. The van der Waals surface area contributed by atoms with E-state index in [-0.39, 0.29) is 12.4 Å². The highest BCUT2D eigenvalue weighted by Gasteiger charge is 2.59. The highest BCUT2D eigenvalue weighted by Crippen LogP contribution is 2.56. The van der Waals surface area contributed by atoms with E-state index in [0.29, 0.717) is 5.41 Å². The number of halogens is 1. The molecule has 4 heteroatoms. The Balaban J connectivity index is 0.000000653. The normalized spacial score (nSPS) is 35.3. The monoisotopic (exact) mass is 216 g/mol. The van der Waals surface area contributed by atoms with Gasteiger partial charge in [-0.15, -0.1) is 23.7 Å². The van der Waals surface area contributed by atoms with E-state index in [9.17, 15) is 0 Å². The van der Waals surface area contributed by atoms with Crippen LogP contribution in [0.1, 0.15) is 17.1 Å². The predicted octanol–water partition coefficient (Wildman–Crippen LogP) is 1.73. The van der Waals surface area contributed by atoms with Crippen LogP contribution in [0, 0.1) is 12.8 Å². The summed E-state index contributed by atoms with van der Waals surface area (Å²) in [5.74, 6) is 0.888. The maximum Gasteiger partial charge on any atom is 0.0897 e. The molecule has 0 aromatic carbocycles. The lowest BCUT2D eigenvalue weighted by molar-refractivity contribution is 0.660. The van der Waals surface area contributed by atoms with Crippen LogP contribution in [-0.2, 0) is 5.41 Å². The summed E-state index contributed by atoms with van der Waals surface area (Å²) >= 11 is 1.78. The number of hydrogen-bond acceptors (Lipinski definition) is 3. The molecule has 1 saturated heterocycles. The van der Waals surface area contributed by atoms with E-state index in [0.717, 1.165) is 12.5 Å². The molecule has 3 rings (SSSR count). The fraction of sp³-hybridized carbons (Fsp3) is 0.667. The van der Waals surface area contributed by atoms with Gasteiger partial charge < -0.3 is 5.32 Å². The number of fused-ring (bicyclic) bond motifs is 1. The van der Waals surface area contributed by atoms with Gasteiger partial charge in [0.05, 0.1) is 10.7 Å². The first-order valence-corrected chi connectivity index (χ1v) is 5.32. The summed E-state index contributed by atoms with van der Waals surface area (Å²) in [4.78, 5) is 4.58. The van der Waals surface area contributed by atoms with Gasteiger partial charge in [0.2, 0.25) is 0 Å². The molecule has 2 heterocycles. The van der Waals surface area contributed by atoms with Crippen molar-refractivity contribution in [2.45, 2.75) is 18.8 Å². The molecule has 1 N–H and O–H groups in total. The molecule has 1 saturated carbocycles. The molecule has 0 radical (unpaired) electrons. The highest BCUT2D eigenvalue weighted by atomic mass is 35.5. The molecule has 0 spiro atoms. The summed E-state index contributed by atoms with van der Waals surface area (Å²) in [6, 6.07) is 0. The molecule has 2 fully saturated rings. The predicted molar refractivity (Wildman–Crippen MR) is 56.8 cm³/mol. The topological polar surface area (TPSA) is 24.9 Å². The van der Waals surface area contributed by atoms with Gasteiger partial charge in [-0.3, -0.25) is 0 Å². The van der Waals surface area contributed by atoms with Crippen LogP contribution in [0.2, 0.25) is 0 Å². The summed E-state index contributed by atoms with van der Waals surface area (Å²) in [6.45, 7) is 4.45. The van der Waals surface area contributed by atoms with Crippen molar-refractivity contribution >= 4 is 23.7 Å². The minimum atomic E-state index is 0. The van der Waals surface area contributed by atoms with Crippen LogP contribution in [0.3, 0.4) is 0 Å². The Hall–Kier alpha value is -0.120. The molecule has 2 unspecified atom stereocenters. The minimum absolute atomic E-state index is 0. The first kappa shape index (κ1) is 9.44. The highest BCUT2D eigenvalue weighted by molar-refractivity contribution is 7.09. The van der Waals surface area contributed by atoms with Crippen molar-refractivity contribution in [3.05, 3.63) is 16.1 Å². The van der Waals surface area contributed by atoms with Gasteiger partial charge in [0, 0.05) is 17.3 Å². The molecule has 0 bridgehead atoms. The van der Waals surface area contributed by atoms with Crippen molar-refractivity contribution in [1.82, 2.24) is 10.3 Å². The lowest BCUT2D eigenvalue weighted by Gasteiger charge is -2.06. The average Bonchev–Trinajstić information content (AvgIpc) is 2.50. The van der Waals surface area contributed by atoms with Gasteiger partial charge in [-0.05, 0) is 25.8 Å². The summed E-state index contributed by atoms with van der Waals surface area (Å²) in [5, 5.41) is 6.88. The number of aromatic nitrogens is 1. The fourth-order valence-corrected chi connectivity index (χ4v) is 3.05. The van der Waals surface area contributed by atoms with Gasteiger partial charge in [0.1, 0.15) is 0 Å². The zero-order valence-electron chi connectivity index (χ0n) is 7.54. The fourth-order valence-electron chi connectivity index (χ4n) is 2.33. The molecule has 1 aromatic rings. The van der Waals surface area contributed by atoms with Gasteiger partial charge in [-0.1, -0.05) is 0 Å². The maximum atomic E-state index is 4.58. The number of thiazole rings is 1. The second kappa shape index (κ2) is 2.94. The number of nitrogens with zero attached hydrogens (tertiary/aromatic N) is 1. The van der Waals surface area contributed by atoms with E-state index in [4.69, 9.17) is 0 Å². The smallest absolute Gasteiger partial charge is 0.0897 e. The van der Waals surface area contributed by atoms with E-state index < -0.39 is 0 Å². The van der Waals surface area contributed by atoms with E-state index in [1.54, 1.807) is 11.3 Å². The van der Waals surface area contributed by atoms with Crippen molar-refractivity contribution in [3.8, 4) is 0 Å². The van der Waals surface area contributed by atoms with Gasteiger partial charge in [0.15, 0.2) is 0 Å². The van der Waals surface area contributed by atoms with Crippen molar-refractivity contribution < 1.29 is 0 Å². The van der Waals surface area contributed by atoms with Crippen molar-refractivity contribution in [3.63, 3.8) is 0 Å². The summed E-state index contributed by atoms with van der Waals surface area (Å²) in [6.07, 6.45) is 1.36. The third kappa shape index (κ3) is 1.22. The van der Waals surface area contributed by atoms with Gasteiger partial charge in [0.25, 0.3) is 0 Å². The zero-order chi connectivity index (χ0) is 8.18. The molecule has 72 valence electrons. The van der Waals surface area contributed by atoms with Crippen LogP contribution in [0.4, 0.5) is 0 Å². The minimum Gasteiger partial charge on any atom is -0.315 e. The Labute approximate surface area is 88.2 Å². The second-order valence-electron chi connectivity index (χ2n) is 3.94. The standard InChI is InChI=1S/C9H12N2S.ClH/c1-6-11-8(4-12-6)9-2-7(9)3-10-5-9;/h4,7,10H,2-3,5H2,1H3;1H. The zero-order valence-corrected chi connectivity index (χ0v) is 9.17. The van der Waals surface area contributed by atoms with E-state index in [1.165, 1.54) is 23.7 Å². The molecule has 1 aliphatic carbocycles.